The molecule has 0 spiro atoms. The Morgan fingerprint density at radius 1 is 1.00 bits per heavy atom. The number of ether oxygens (including phenoxy) is 2. The van der Waals surface area contributed by atoms with Gasteiger partial charge >= 0.3 is 5.97 Å². The Hall–Kier alpha value is -2.89. The molecular formula is C24H23Cl2NO4. The van der Waals surface area contributed by atoms with Gasteiger partial charge < -0.3 is 19.9 Å². The molecule has 0 aliphatic heterocycles. The molecule has 0 fully saturated rings. The van der Waals surface area contributed by atoms with Crippen LogP contribution >= 0.6 is 23.2 Å². The molecule has 3 aromatic rings. The van der Waals surface area contributed by atoms with E-state index in [0.717, 1.165) is 22.4 Å². The van der Waals surface area contributed by atoms with Crippen LogP contribution in [0.1, 0.15) is 34.0 Å². The number of halogens is 2. The molecule has 3 rings (SSSR count). The van der Waals surface area contributed by atoms with Gasteiger partial charge in [0, 0.05) is 28.3 Å². The maximum atomic E-state index is 11.2. The first-order valence-corrected chi connectivity index (χ1v) is 10.5. The number of carboxylic acid groups (broad SMARTS) is 1. The Morgan fingerprint density at radius 2 is 1.71 bits per heavy atom. The van der Waals surface area contributed by atoms with Crippen LogP contribution in [0.2, 0.25) is 10.0 Å². The second-order valence-electron chi connectivity index (χ2n) is 6.93. The SMILES string of the molecule is CCOc1cc(CNc2cc(C(=O)O)ccc2C)c(Cl)cc1OCc1ccc(Cl)cc1. The second kappa shape index (κ2) is 10.4. The highest BCUT2D eigenvalue weighted by atomic mass is 35.5. The quantitative estimate of drug-likeness (QED) is 0.377. The fourth-order valence-corrected chi connectivity index (χ4v) is 3.32. The lowest BCUT2D eigenvalue weighted by Gasteiger charge is -2.16. The number of carboxylic acids is 1. The molecule has 162 valence electrons. The summed E-state index contributed by atoms with van der Waals surface area (Å²) >= 11 is 12.4. The molecule has 0 aliphatic carbocycles. The van der Waals surface area contributed by atoms with Crippen molar-refractivity contribution < 1.29 is 19.4 Å². The molecule has 7 heteroatoms. The van der Waals surface area contributed by atoms with E-state index in [1.54, 1.807) is 24.3 Å². The molecule has 5 nitrogen and oxygen atoms in total. The summed E-state index contributed by atoms with van der Waals surface area (Å²) in [5.74, 6) is 0.171. The molecule has 0 bridgehead atoms. The number of benzene rings is 3. The minimum Gasteiger partial charge on any atom is -0.490 e. The van der Waals surface area contributed by atoms with Crippen LogP contribution in [0.4, 0.5) is 5.69 Å². The van der Waals surface area contributed by atoms with Crippen LogP contribution in [0.25, 0.3) is 0 Å². The van der Waals surface area contributed by atoms with Crippen molar-refractivity contribution in [3.63, 3.8) is 0 Å². The normalized spacial score (nSPS) is 10.6. The van der Waals surface area contributed by atoms with Crippen LogP contribution in [-0.4, -0.2) is 17.7 Å². The van der Waals surface area contributed by atoms with Crippen molar-refractivity contribution in [2.24, 2.45) is 0 Å². The molecule has 0 unspecified atom stereocenters. The summed E-state index contributed by atoms with van der Waals surface area (Å²) in [5.41, 5.74) is 3.68. The van der Waals surface area contributed by atoms with Gasteiger partial charge in [0.2, 0.25) is 0 Å². The van der Waals surface area contributed by atoms with E-state index in [9.17, 15) is 9.90 Å². The third kappa shape index (κ3) is 6.06. The smallest absolute Gasteiger partial charge is 0.335 e. The van der Waals surface area contributed by atoms with Crippen LogP contribution in [0.5, 0.6) is 11.5 Å². The van der Waals surface area contributed by atoms with E-state index in [1.807, 2.05) is 44.2 Å². The van der Waals surface area contributed by atoms with Gasteiger partial charge in [0.1, 0.15) is 6.61 Å². The zero-order valence-electron chi connectivity index (χ0n) is 17.2. The number of hydrogen-bond acceptors (Lipinski definition) is 4. The lowest BCUT2D eigenvalue weighted by atomic mass is 10.1. The summed E-state index contributed by atoms with van der Waals surface area (Å²) in [4.78, 5) is 11.2. The van der Waals surface area contributed by atoms with Gasteiger partial charge in [-0.25, -0.2) is 4.79 Å². The number of hydrogen-bond donors (Lipinski definition) is 2. The van der Waals surface area contributed by atoms with E-state index in [1.165, 1.54) is 0 Å². The standard InChI is InChI=1S/C24H23Cl2NO4/c1-3-30-22-11-18(13-27-21-10-17(24(28)29)7-4-15(21)2)20(26)12-23(22)31-14-16-5-8-19(25)9-6-16/h4-12,27H,3,13-14H2,1-2H3,(H,28,29). The summed E-state index contributed by atoms with van der Waals surface area (Å²) in [6.07, 6.45) is 0. The molecular weight excluding hydrogens is 437 g/mol. The molecule has 3 aromatic carbocycles. The largest absolute Gasteiger partial charge is 0.490 e. The Kier molecular flexibility index (Phi) is 7.66. The van der Waals surface area contributed by atoms with Gasteiger partial charge in [0.25, 0.3) is 0 Å². The lowest BCUT2D eigenvalue weighted by molar-refractivity contribution is 0.0697. The number of anilines is 1. The molecule has 0 aromatic heterocycles. The predicted molar refractivity (Wildman–Crippen MR) is 124 cm³/mol. The molecule has 0 saturated heterocycles. The van der Waals surface area contributed by atoms with Gasteiger partial charge in [-0.1, -0.05) is 41.4 Å². The number of rotatable bonds is 9. The second-order valence-corrected chi connectivity index (χ2v) is 7.77. The molecule has 0 atom stereocenters. The van der Waals surface area contributed by atoms with E-state index in [4.69, 9.17) is 32.7 Å². The van der Waals surface area contributed by atoms with Gasteiger partial charge in [0.05, 0.1) is 12.2 Å². The Balaban J connectivity index is 1.77. The lowest BCUT2D eigenvalue weighted by Crippen LogP contribution is -2.06. The van der Waals surface area contributed by atoms with Gasteiger partial charge in [-0.05, 0) is 60.9 Å². The zero-order chi connectivity index (χ0) is 22.4. The van der Waals surface area contributed by atoms with Gasteiger partial charge in [0.15, 0.2) is 11.5 Å². The average molecular weight is 460 g/mol. The average Bonchev–Trinajstić information content (AvgIpc) is 2.74. The first kappa shape index (κ1) is 22.8. The Bertz CT molecular complexity index is 1070. The summed E-state index contributed by atoms with van der Waals surface area (Å²) in [6.45, 7) is 5.04. The number of nitrogens with one attached hydrogen (secondary N) is 1. The van der Waals surface area contributed by atoms with Crippen molar-refractivity contribution in [3.05, 3.63) is 86.9 Å². The third-order valence-corrected chi connectivity index (χ3v) is 5.28. The third-order valence-electron chi connectivity index (χ3n) is 4.67. The van der Waals surface area contributed by atoms with Gasteiger partial charge in [-0.3, -0.25) is 0 Å². The summed E-state index contributed by atoms with van der Waals surface area (Å²) < 4.78 is 11.7. The Morgan fingerprint density at radius 3 is 2.39 bits per heavy atom. The number of aryl methyl sites for hydroxylation is 1. The highest BCUT2D eigenvalue weighted by molar-refractivity contribution is 6.31. The first-order valence-electron chi connectivity index (χ1n) is 9.77. The van der Waals surface area contributed by atoms with Crippen LogP contribution < -0.4 is 14.8 Å². The van der Waals surface area contributed by atoms with Crippen molar-refractivity contribution >= 4 is 34.9 Å². The molecule has 0 amide bonds. The van der Waals surface area contributed by atoms with Crippen LogP contribution in [0, 0.1) is 6.92 Å². The maximum absolute atomic E-state index is 11.2. The fourth-order valence-electron chi connectivity index (χ4n) is 2.97. The van der Waals surface area contributed by atoms with Gasteiger partial charge in [-0.2, -0.15) is 0 Å². The van der Waals surface area contributed by atoms with Gasteiger partial charge in [-0.15, -0.1) is 0 Å². The van der Waals surface area contributed by atoms with E-state index < -0.39 is 5.97 Å². The highest BCUT2D eigenvalue weighted by Gasteiger charge is 2.13. The van der Waals surface area contributed by atoms with E-state index in [-0.39, 0.29) is 5.56 Å². The molecule has 2 N–H and O–H groups in total. The zero-order valence-corrected chi connectivity index (χ0v) is 18.8. The predicted octanol–water partition coefficient (Wildman–Crippen LogP) is 6.59. The topological polar surface area (TPSA) is 67.8 Å². The highest BCUT2D eigenvalue weighted by Crippen LogP contribution is 2.35. The van der Waals surface area contributed by atoms with Crippen molar-refractivity contribution in [2.45, 2.75) is 27.0 Å². The minimum absolute atomic E-state index is 0.222. The molecule has 0 radical (unpaired) electrons. The summed E-state index contributed by atoms with van der Waals surface area (Å²) in [7, 11) is 0. The first-order chi connectivity index (χ1) is 14.9. The van der Waals surface area contributed by atoms with Crippen molar-refractivity contribution in [1.82, 2.24) is 0 Å². The van der Waals surface area contributed by atoms with Crippen molar-refractivity contribution in [3.8, 4) is 11.5 Å². The summed E-state index contributed by atoms with van der Waals surface area (Å²) in [6, 6.07) is 16.0. The van der Waals surface area contributed by atoms with Crippen molar-refractivity contribution in [2.75, 3.05) is 11.9 Å². The van der Waals surface area contributed by atoms with E-state index in [2.05, 4.69) is 5.32 Å². The van der Waals surface area contributed by atoms with Crippen LogP contribution in [0.3, 0.4) is 0 Å². The van der Waals surface area contributed by atoms with Crippen LogP contribution in [0.15, 0.2) is 54.6 Å². The maximum Gasteiger partial charge on any atom is 0.335 e. The molecule has 0 heterocycles. The van der Waals surface area contributed by atoms with Crippen molar-refractivity contribution in [1.29, 1.82) is 0 Å². The monoisotopic (exact) mass is 459 g/mol. The van der Waals surface area contributed by atoms with E-state index in [0.29, 0.717) is 41.3 Å². The number of carbonyl (C=O) groups is 1. The fraction of sp³-hybridized carbons (Fsp3) is 0.208. The van der Waals surface area contributed by atoms with E-state index >= 15 is 0 Å². The Labute approximate surface area is 191 Å². The minimum atomic E-state index is -0.970. The van der Waals surface area contributed by atoms with Crippen LogP contribution in [-0.2, 0) is 13.2 Å². The molecule has 31 heavy (non-hydrogen) atoms. The molecule has 0 saturated carbocycles. The molecule has 0 aliphatic rings. The number of aromatic carboxylic acids is 1. The summed E-state index contributed by atoms with van der Waals surface area (Å²) in [5, 5.41) is 13.7.